The zero-order valence-corrected chi connectivity index (χ0v) is 10.4. The first-order valence-electron chi connectivity index (χ1n) is 5.66. The van der Waals surface area contributed by atoms with Crippen LogP contribution in [0.1, 0.15) is 34.6 Å². The second kappa shape index (κ2) is 4.04. The normalized spacial score (nSPS) is 34.2. The zero-order valence-electron chi connectivity index (χ0n) is 10.4. The Labute approximate surface area is 92.4 Å². The molecule has 1 saturated heterocycles. The van der Waals surface area contributed by atoms with E-state index >= 15 is 0 Å². The van der Waals surface area contributed by atoms with Gasteiger partial charge in [-0.05, 0) is 39.5 Å². The predicted octanol–water partition coefficient (Wildman–Crippen LogP) is 1.43. The topological polar surface area (TPSA) is 49.7 Å². The van der Waals surface area contributed by atoms with Crippen LogP contribution in [0.25, 0.3) is 0 Å². The first-order valence-corrected chi connectivity index (χ1v) is 5.66. The summed E-state index contributed by atoms with van der Waals surface area (Å²) in [6, 6.07) is 0. The lowest BCUT2D eigenvalue weighted by Crippen LogP contribution is -2.53. The zero-order chi connectivity index (χ0) is 11.9. The largest absolute Gasteiger partial charge is 0.390 e. The number of aliphatic hydroxyl groups is 2. The minimum absolute atomic E-state index is 0.0127. The van der Waals surface area contributed by atoms with Crippen molar-refractivity contribution in [2.24, 2.45) is 17.8 Å². The van der Waals surface area contributed by atoms with Gasteiger partial charge in [-0.15, -0.1) is 0 Å². The van der Waals surface area contributed by atoms with Gasteiger partial charge in [0.25, 0.3) is 0 Å². The van der Waals surface area contributed by atoms with Gasteiger partial charge in [-0.2, -0.15) is 0 Å². The van der Waals surface area contributed by atoms with Crippen LogP contribution in [-0.2, 0) is 4.74 Å². The van der Waals surface area contributed by atoms with Gasteiger partial charge < -0.3 is 14.9 Å². The lowest BCUT2D eigenvalue weighted by Gasteiger charge is -2.47. The van der Waals surface area contributed by atoms with Crippen LogP contribution in [0.4, 0.5) is 0 Å². The second-order valence-corrected chi connectivity index (χ2v) is 5.95. The van der Waals surface area contributed by atoms with Gasteiger partial charge in [0.2, 0.25) is 0 Å². The molecule has 0 radical (unpaired) electrons. The average molecular weight is 216 g/mol. The number of ether oxygens (including phenoxy) is 1. The first-order chi connectivity index (χ1) is 6.64. The Kier molecular flexibility index (Phi) is 3.49. The Morgan fingerprint density at radius 3 is 1.87 bits per heavy atom. The molecular weight excluding hydrogens is 192 g/mol. The third kappa shape index (κ3) is 2.92. The molecule has 1 aliphatic rings. The molecule has 2 unspecified atom stereocenters. The Hall–Kier alpha value is -0.120. The van der Waals surface area contributed by atoms with E-state index in [0.29, 0.717) is 13.2 Å². The van der Waals surface area contributed by atoms with Gasteiger partial charge in [0.15, 0.2) is 0 Å². The van der Waals surface area contributed by atoms with Crippen LogP contribution in [0.2, 0.25) is 0 Å². The fourth-order valence-electron chi connectivity index (χ4n) is 2.82. The van der Waals surface area contributed by atoms with E-state index in [1.165, 1.54) is 0 Å². The highest BCUT2D eigenvalue weighted by atomic mass is 16.5. The minimum Gasteiger partial charge on any atom is -0.390 e. The summed E-state index contributed by atoms with van der Waals surface area (Å²) < 4.78 is 5.48. The fourth-order valence-corrected chi connectivity index (χ4v) is 2.82. The van der Waals surface area contributed by atoms with E-state index in [-0.39, 0.29) is 17.8 Å². The van der Waals surface area contributed by atoms with Crippen LogP contribution in [0.15, 0.2) is 0 Å². The van der Waals surface area contributed by atoms with Crippen molar-refractivity contribution in [1.29, 1.82) is 0 Å². The first kappa shape index (κ1) is 12.9. The lowest BCUT2D eigenvalue weighted by molar-refractivity contribution is -0.162. The quantitative estimate of drug-likeness (QED) is 0.734. The second-order valence-electron chi connectivity index (χ2n) is 5.95. The van der Waals surface area contributed by atoms with Crippen molar-refractivity contribution in [2.75, 3.05) is 13.2 Å². The van der Waals surface area contributed by atoms with E-state index in [1.807, 2.05) is 13.8 Å². The Bertz CT molecular complexity index is 212. The molecule has 0 bridgehead atoms. The van der Waals surface area contributed by atoms with Crippen LogP contribution < -0.4 is 0 Å². The number of hydrogen-bond donors (Lipinski definition) is 2. The molecule has 3 heteroatoms. The summed E-state index contributed by atoms with van der Waals surface area (Å²) >= 11 is 0. The molecule has 1 heterocycles. The van der Waals surface area contributed by atoms with Crippen LogP contribution >= 0.6 is 0 Å². The maximum Gasteiger partial charge on any atom is 0.0645 e. The van der Waals surface area contributed by atoms with E-state index in [4.69, 9.17) is 4.74 Å². The van der Waals surface area contributed by atoms with Crippen molar-refractivity contribution in [3.8, 4) is 0 Å². The van der Waals surface area contributed by atoms with E-state index in [2.05, 4.69) is 6.92 Å². The highest BCUT2D eigenvalue weighted by Crippen LogP contribution is 2.40. The van der Waals surface area contributed by atoms with Crippen LogP contribution in [0.5, 0.6) is 0 Å². The highest BCUT2D eigenvalue weighted by Gasteiger charge is 2.46. The molecule has 0 aromatic rings. The van der Waals surface area contributed by atoms with E-state index in [0.717, 1.165) is 0 Å². The fraction of sp³-hybridized carbons (Fsp3) is 1.00. The third-order valence-electron chi connectivity index (χ3n) is 3.45. The lowest BCUT2D eigenvalue weighted by atomic mass is 9.66. The third-order valence-corrected chi connectivity index (χ3v) is 3.45. The summed E-state index contributed by atoms with van der Waals surface area (Å²) in [5.74, 6) is 0.336. The van der Waals surface area contributed by atoms with Gasteiger partial charge in [0, 0.05) is 12.5 Å². The average Bonchev–Trinajstić information content (AvgIpc) is 1.99. The molecule has 0 saturated carbocycles. The van der Waals surface area contributed by atoms with Crippen LogP contribution in [-0.4, -0.2) is 34.6 Å². The summed E-state index contributed by atoms with van der Waals surface area (Å²) in [5, 5.41) is 20.3. The minimum atomic E-state index is -0.806. The van der Waals surface area contributed by atoms with Gasteiger partial charge in [0.05, 0.1) is 17.8 Å². The maximum atomic E-state index is 10.2. The molecule has 0 aromatic heterocycles. The highest BCUT2D eigenvalue weighted by molar-refractivity contribution is 4.95. The number of hydrogen-bond acceptors (Lipinski definition) is 3. The monoisotopic (exact) mass is 216 g/mol. The Morgan fingerprint density at radius 1 is 1.00 bits per heavy atom. The molecule has 1 fully saturated rings. The van der Waals surface area contributed by atoms with Gasteiger partial charge >= 0.3 is 0 Å². The molecule has 3 atom stereocenters. The Morgan fingerprint density at radius 2 is 1.53 bits per heavy atom. The molecule has 0 aliphatic carbocycles. The molecule has 0 spiro atoms. The smallest absolute Gasteiger partial charge is 0.0645 e. The van der Waals surface area contributed by atoms with Crippen molar-refractivity contribution >= 4 is 0 Å². The summed E-state index contributed by atoms with van der Waals surface area (Å²) in [4.78, 5) is 0. The van der Waals surface area contributed by atoms with Gasteiger partial charge in [-0.25, -0.2) is 0 Å². The summed E-state index contributed by atoms with van der Waals surface area (Å²) in [6.07, 6.45) is 0. The van der Waals surface area contributed by atoms with Crippen molar-refractivity contribution in [3.63, 3.8) is 0 Å². The summed E-state index contributed by atoms with van der Waals surface area (Å²) in [6.45, 7) is 10.5. The number of rotatable bonds is 2. The van der Waals surface area contributed by atoms with Gasteiger partial charge in [-0.1, -0.05) is 6.92 Å². The summed E-state index contributed by atoms with van der Waals surface area (Å²) in [7, 11) is 0. The van der Waals surface area contributed by atoms with Crippen molar-refractivity contribution < 1.29 is 14.9 Å². The van der Waals surface area contributed by atoms with E-state index in [1.54, 1.807) is 13.8 Å². The molecule has 15 heavy (non-hydrogen) atoms. The molecule has 0 amide bonds. The molecule has 1 aliphatic heterocycles. The standard InChI is InChI=1S/C12H24O3/c1-8-6-15-7-9(11(2,3)13)10(8)12(4,5)14/h8-10,13-14H,6-7H2,1-5H3/t8?,9-,10?/m1/s1. The molecule has 1 rings (SSSR count). The molecule has 3 nitrogen and oxygen atoms in total. The predicted molar refractivity (Wildman–Crippen MR) is 59.6 cm³/mol. The Balaban J connectivity index is 2.93. The van der Waals surface area contributed by atoms with E-state index in [9.17, 15) is 10.2 Å². The van der Waals surface area contributed by atoms with Crippen LogP contribution in [0.3, 0.4) is 0 Å². The van der Waals surface area contributed by atoms with Crippen molar-refractivity contribution in [2.45, 2.75) is 45.8 Å². The van der Waals surface area contributed by atoms with Gasteiger partial charge in [-0.3, -0.25) is 0 Å². The summed E-state index contributed by atoms with van der Waals surface area (Å²) in [5.41, 5.74) is -1.58. The maximum absolute atomic E-state index is 10.2. The molecule has 2 N–H and O–H groups in total. The molecule has 90 valence electrons. The van der Waals surface area contributed by atoms with Crippen LogP contribution in [0, 0.1) is 17.8 Å². The van der Waals surface area contributed by atoms with Crippen molar-refractivity contribution in [3.05, 3.63) is 0 Å². The molecular formula is C12H24O3. The SMILES string of the molecule is CC1COC[C@@H](C(C)(C)O)C1C(C)(C)O. The van der Waals surface area contributed by atoms with Gasteiger partial charge in [0.1, 0.15) is 0 Å². The van der Waals surface area contributed by atoms with E-state index < -0.39 is 11.2 Å². The molecule has 0 aromatic carbocycles. The van der Waals surface area contributed by atoms with Crippen molar-refractivity contribution in [1.82, 2.24) is 0 Å².